The van der Waals surface area contributed by atoms with Crippen LogP contribution in [0.5, 0.6) is 0 Å². The number of piperidine rings is 1. The zero-order valence-corrected chi connectivity index (χ0v) is 11.8. The summed E-state index contributed by atoms with van der Waals surface area (Å²) in [6.45, 7) is 2.44. The summed E-state index contributed by atoms with van der Waals surface area (Å²) in [7, 11) is 0. The molecule has 0 N–H and O–H groups in total. The minimum atomic E-state index is 0.878. The molecule has 3 rings (SSSR count). The molecule has 0 amide bonds. The fourth-order valence-corrected chi connectivity index (χ4v) is 3.84. The first kappa shape index (κ1) is 12.9. The van der Waals surface area contributed by atoms with Gasteiger partial charge in [-0.05, 0) is 43.7 Å². The summed E-state index contributed by atoms with van der Waals surface area (Å²) in [6, 6.07) is 11.5. The van der Waals surface area contributed by atoms with E-state index in [9.17, 15) is 0 Å². The predicted molar refractivity (Wildman–Crippen MR) is 82.0 cm³/mol. The van der Waals surface area contributed by atoms with Crippen molar-refractivity contribution in [2.24, 2.45) is 5.92 Å². The number of fused-ring (bicyclic) bond motifs is 1. The lowest BCUT2D eigenvalue weighted by Crippen LogP contribution is -2.46. The van der Waals surface area contributed by atoms with Crippen molar-refractivity contribution in [3.63, 3.8) is 0 Å². The zero-order valence-electron chi connectivity index (χ0n) is 11.8. The highest BCUT2D eigenvalue weighted by molar-refractivity contribution is 5.48. The molecule has 1 saturated carbocycles. The first-order chi connectivity index (χ1) is 9.43. The molecule has 0 bridgehead atoms. The molecule has 1 heterocycles. The second-order valence-electron chi connectivity index (χ2n) is 6.06. The molecule has 1 aromatic carbocycles. The summed E-state index contributed by atoms with van der Waals surface area (Å²) in [5, 5.41) is 0. The predicted octanol–water partition coefficient (Wildman–Crippen LogP) is 4.35. The summed E-state index contributed by atoms with van der Waals surface area (Å²) in [5.74, 6) is 0.993. The van der Waals surface area contributed by atoms with E-state index in [0.29, 0.717) is 0 Å². The minimum Gasteiger partial charge on any atom is -0.296 e. The van der Waals surface area contributed by atoms with Crippen molar-refractivity contribution >= 4 is 6.08 Å². The molecule has 1 aliphatic carbocycles. The van der Waals surface area contributed by atoms with Crippen LogP contribution in [-0.4, -0.2) is 24.0 Å². The van der Waals surface area contributed by atoms with Gasteiger partial charge in [0, 0.05) is 12.6 Å². The number of benzene rings is 1. The Balaban J connectivity index is 1.58. The lowest BCUT2D eigenvalue weighted by atomic mass is 9.78. The van der Waals surface area contributed by atoms with E-state index in [1.165, 1.54) is 50.6 Å². The van der Waals surface area contributed by atoms with Gasteiger partial charge in [-0.2, -0.15) is 0 Å². The molecular weight excluding hydrogens is 230 g/mol. The SMILES string of the molecule is C(=Cc1ccccc1)CN1CCC[C@@H]2CCCC[C@H]21. The van der Waals surface area contributed by atoms with Crippen LogP contribution in [0.2, 0.25) is 0 Å². The second-order valence-corrected chi connectivity index (χ2v) is 6.06. The molecule has 1 saturated heterocycles. The van der Waals surface area contributed by atoms with Crippen LogP contribution in [0.25, 0.3) is 6.08 Å². The number of nitrogens with zero attached hydrogens (tertiary/aromatic N) is 1. The van der Waals surface area contributed by atoms with Gasteiger partial charge in [0.05, 0.1) is 0 Å². The molecule has 2 fully saturated rings. The van der Waals surface area contributed by atoms with E-state index in [1.54, 1.807) is 0 Å². The van der Waals surface area contributed by atoms with Gasteiger partial charge in [0.25, 0.3) is 0 Å². The third kappa shape index (κ3) is 3.27. The Kier molecular flexibility index (Phi) is 4.34. The second kappa shape index (κ2) is 6.38. The Morgan fingerprint density at radius 3 is 2.68 bits per heavy atom. The van der Waals surface area contributed by atoms with Crippen LogP contribution < -0.4 is 0 Å². The molecule has 0 radical (unpaired) electrons. The molecule has 0 unspecified atom stereocenters. The highest BCUT2D eigenvalue weighted by Gasteiger charge is 2.32. The molecule has 0 spiro atoms. The smallest absolute Gasteiger partial charge is 0.0169 e. The first-order valence-corrected chi connectivity index (χ1v) is 7.89. The van der Waals surface area contributed by atoms with Crippen molar-refractivity contribution in [3.05, 3.63) is 42.0 Å². The Hall–Kier alpha value is -1.08. The van der Waals surface area contributed by atoms with E-state index in [-0.39, 0.29) is 0 Å². The van der Waals surface area contributed by atoms with Crippen LogP contribution in [0.4, 0.5) is 0 Å². The largest absolute Gasteiger partial charge is 0.296 e. The maximum atomic E-state index is 2.73. The van der Waals surface area contributed by atoms with E-state index in [0.717, 1.165) is 18.5 Å². The fraction of sp³-hybridized carbons (Fsp3) is 0.556. The van der Waals surface area contributed by atoms with Crippen LogP contribution in [-0.2, 0) is 0 Å². The van der Waals surface area contributed by atoms with Crippen molar-refractivity contribution in [1.29, 1.82) is 0 Å². The standard InChI is InChI=1S/C18H25N/c1-2-8-16(9-3-1)10-6-14-19-15-7-12-17-11-4-5-13-18(17)19/h1-3,6,8-10,17-18H,4-5,7,11-15H2/t17-,18+/m0/s1. The molecule has 19 heavy (non-hydrogen) atoms. The average molecular weight is 255 g/mol. The highest BCUT2D eigenvalue weighted by Crippen LogP contribution is 2.35. The van der Waals surface area contributed by atoms with Crippen LogP contribution in [0.15, 0.2) is 36.4 Å². The van der Waals surface area contributed by atoms with E-state index in [2.05, 4.69) is 47.4 Å². The van der Waals surface area contributed by atoms with Gasteiger partial charge < -0.3 is 0 Å². The minimum absolute atomic E-state index is 0.878. The summed E-state index contributed by atoms with van der Waals surface area (Å²) in [5.41, 5.74) is 1.32. The van der Waals surface area contributed by atoms with Gasteiger partial charge in [-0.15, -0.1) is 0 Å². The molecule has 0 aromatic heterocycles. The zero-order chi connectivity index (χ0) is 12.9. The topological polar surface area (TPSA) is 3.24 Å². The van der Waals surface area contributed by atoms with Crippen molar-refractivity contribution in [1.82, 2.24) is 4.90 Å². The third-order valence-electron chi connectivity index (χ3n) is 4.81. The molecule has 1 aliphatic heterocycles. The van der Waals surface area contributed by atoms with Gasteiger partial charge in [0.1, 0.15) is 0 Å². The Morgan fingerprint density at radius 2 is 1.79 bits per heavy atom. The molecule has 102 valence electrons. The Labute approximate surface area is 117 Å². The number of likely N-dealkylation sites (tertiary alicyclic amines) is 1. The summed E-state index contributed by atoms with van der Waals surface area (Å²) < 4.78 is 0. The Bertz CT molecular complexity index is 407. The molecule has 1 nitrogen and oxygen atoms in total. The lowest BCUT2D eigenvalue weighted by molar-refractivity contribution is 0.0713. The molecule has 2 atom stereocenters. The van der Waals surface area contributed by atoms with E-state index in [1.807, 2.05) is 0 Å². The van der Waals surface area contributed by atoms with Crippen molar-refractivity contribution in [2.45, 2.75) is 44.6 Å². The van der Waals surface area contributed by atoms with Crippen LogP contribution in [0, 0.1) is 5.92 Å². The van der Waals surface area contributed by atoms with Gasteiger partial charge in [0.2, 0.25) is 0 Å². The quantitative estimate of drug-likeness (QED) is 0.776. The maximum Gasteiger partial charge on any atom is 0.0169 e. The molecule has 1 aromatic rings. The molecular formula is C18H25N. The Morgan fingerprint density at radius 1 is 1.00 bits per heavy atom. The third-order valence-corrected chi connectivity index (χ3v) is 4.81. The lowest BCUT2D eigenvalue weighted by Gasteiger charge is -2.43. The number of rotatable bonds is 3. The first-order valence-electron chi connectivity index (χ1n) is 7.89. The van der Waals surface area contributed by atoms with Crippen molar-refractivity contribution < 1.29 is 0 Å². The fourth-order valence-electron chi connectivity index (χ4n) is 3.84. The van der Waals surface area contributed by atoms with Gasteiger partial charge in [0.15, 0.2) is 0 Å². The van der Waals surface area contributed by atoms with Crippen LogP contribution >= 0.6 is 0 Å². The van der Waals surface area contributed by atoms with Gasteiger partial charge in [-0.25, -0.2) is 0 Å². The molecule has 1 heteroatoms. The normalized spacial score (nSPS) is 28.4. The summed E-state index contributed by atoms with van der Waals surface area (Å²) in [6.07, 6.45) is 13.3. The van der Waals surface area contributed by atoms with E-state index >= 15 is 0 Å². The summed E-state index contributed by atoms with van der Waals surface area (Å²) in [4.78, 5) is 2.73. The van der Waals surface area contributed by atoms with E-state index in [4.69, 9.17) is 0 Å². The monoisotopic (exact) mass is 255 g/mol. The van der Waals surface area contributed by atoms with Crippen molar-refractivity contribution in [2.75, 3.05) is 13.1 Å². The summed E-state index contributed by atoms with van der Waals surface area (Å²) >= 11 is 0. The van der Waals surface area contributed by atoms with Gasteiger partial charge in [-0.1, -0.05) is 55.3 Å². The van der Waals surface area contributed by atoms with Crippen LogP contribution in [0.3, 0.4) is 0 Å². The average Bonchev–Trinajstić information content (AvgIpc) is 2.49. The van der Waals surface area contributed by atoms with Gasteiger partial charge in [-0.3, -0.25) is 4.90 Å². The number of hydrogen-bond donors (Lipinski definition) is 0. The number of hydrogen-bond acceptors (Lipinski definition) is 1. The highest BCUT2D eigenvalue weighted by atomic mass is 15.2. The van der Waals surface area contributed by atoms with Gasteiger partial charge >= 0.3 is 0 Å². The van der Waals surface area contributed by atoms with E-state index < -0.39 is 0 Å². The van der Waals surface area contributed by atoms with Crippen molar-refractivity contribution in [3.8, 4) is 0 Å². The maximum absolute atomic E-state index is 2.73. The molecule has 2 aliphatic rings. The van der Waals surface area contributed by atoms with Crippen LogP contribution in [0.1, 0.15) is 44.1 Å².